The van der Waals surface area contributed by atoms with E-state index in [1.54, 1.807) is 0 Å². The molecule has 0 amide bonds. The number of nitrogens with one attached hydrogen (secondary N) is 1. The third kappa shape index (κ3) is 2.86. The van der Waals surface area contributed by atoms with Gasteiger partial charge in [-0.3, -0.25) is 4.90 Å². The molecule has 0 aromatic heterocycles. The Bertz CT molecular complexity index is 418. The van der Waals surface area contributed by atoms with Crippen molar-refractivity contribution in [1.29, 1.82) is 0 Å². The minimum absolute atomic E-state index is 0.770. The first-order valence-electron chi connectivity index (χ1n) is 7.66. The number of rotatable bonds is 3. The zero-order chi connectivity index (χ0) is 13.1. The highest BCUT2D eigenvalue weighted by atomic mass is 15.2. The van der Waals surface area contributed by atoms with Gasteiger partial charge in [0.1, 0.15) is 0 Å². The Hall–Kier alpha value is -1.22. The number of hydrogen-bond donors (Lipinski definition) is 1. The van der Waals surface area contributed by atoms with E-state index in [4.69, 9.17) is 0 Å². The molecule has 0 aliphatic carbocycles. The lowest BCUT2D eigenvalue weighted by atomic mass is 10.0. The van der Waals surface area contributed by atoms with Crippen molar-refractivity contribution >= 4 is 11.4 Å². The van der Waals surface area contributed by atoms with Crippen LogP contribution in [-0.2, 0) is 0 Å². The van der Waals surface area contributed by atoms with Crippen LogP contribution in [0.2, 0.25) is 0 Å². The van der Waals surface area contributed by atoms with Crippen molar-refractivity contribution in [3.63, 3.8) is 0 Å². The Morgan fingerprint density at radius 1 is 1.16 bits per heavy atom. The van der Waals surface area contributed by atoms with Gasteiger partial charge < -0.3 is 10.2 Å². The average Bonchev–Trinajstić information content (AvgIpc) is 2.46. The molecular formula is C16H25N3. The van der Waals surface area contributed by atoms with Crippen LogP contribution in [0, 0.1) is 0 Å². The summed E-state index contributed by atoms with van der Waals surface area (Å²) in [6, 6.07) is 9.45. The van der Waals surface area contributed by atoms with Crippen molar-refractivity contribution in [3.05, 3.63) is 24.3 Å². The molecule has 3 heteroatoms. The summed E-state index contributed by atoms with van der Waals surface area (Å²) in [7, 11) is 0. The highest BCUT2D eigenvalue weighted by molar-refractivity contribution is 5.71. The van der Waals surface area contributed by atoms with E-state index in [9.17, 15) is 0 Å². The molecule has 3 nitrogen and oxygen atoms in total. The summed E-state index contributed by atoms with van der Waals surface area (Å²) in [4.78, 5) is 5.20. The molecule has 1 atom stereocenters. The van der Waals surface area contributed by atoms with Gasteiger partial charge in [0.15, 0.2) is 0 Å². The lowest BCUT2D eigenvalue weighted by Crippen LogP contribution is -2.44. The molecule has 1 unspecified atom stereocenters. The molecule has 1 aromatic carbocycles. The number of para-hydroxylation sites is 2. The molecule has 1 fully saturated rings. The second-order valence-corrected chi connectivity index (χ2v) is 5.81. The molecule has 0 saturated carbocycles. The number of nitrogens with zero attached hydrogens (tertiary/aromatic N) is 2. The Labute approximate surface area is 116 Å². The van der Waals surface area contributed by atoms with E-state index in [1.165, 1.54) is 43.7 Å². The molecule has 0 spiro atoms. The predicted octanol–water partition coefficient (Wildman–Crippen LogP) is 2.79. The van der Waals surface area contributed by atoms with Crippen LogP contribution >= 0.6 is 0 Å². The molecule has 0 radical (unpaired) electrons. The first kappa shape index (κ1) is 12.8. The monoisotopic (exact) mass is 259 g/mol. The third-order valence-corrected chi connectivity index (χ3v) is 4.54. The van der Waals surface area contributed by atoms with Crippen molar-refractivity contribution < 1.29 is 0 Å². The second kappa shape index (κ2) is 5.83. The first-order valence-corrected chi connectivity index (χ1v) is 7.66. The van der Waals surface area contributed by atoms with Crippen molar-refractivity contribution in [3.8, 4) is 0 Å². The van der Waals surface area contributed by atoms with Gasteiger partial charge in [-0.25, -0.2) is 0 Å². The van der Waals surface area contributed by atoms with Gasteiger partial charge in [0.25, 0.3) is 0 Å². The van der Waals surface area contributed by atoms with Crippen molar-refractivity contribution in [1.82, 2.24) is 4.90 Å². The van der Waals surface area contributed by atoms with Crippen LogP contribution in [0.5, 0.6) is 0 Å². The maximum atomic E-state index is 3.48. The minimum atomic E-state index is 0.770. The summed E-state index contributed by atoms with van der Waals surface area (Å²) in [6.07, 6.45) is 4.16. The van der Waals surface area contributed by atoms with E-state index >= 15 is 0 Å². The van der Waals surface area contributed by atoms with Gasteiger partial charge in [0.2, 0.25) is 0 Å². The van der Waals surface area contributed by atoms with E-state index in [0.29, 0.717) is 0 Å². The molecule has 2 aliphatic heterocycles. The Morgan fingerprint density at radius 2 is 2.05 bits per heavy atom. The number of benzene rings is 1. The normalized spacial score (nSPS) is 23.8. The largest absolute Gasteiger partial charge is 0.382 e. The SMILES string of the molecule is CC1CCCCN1CCN1CCNc2ccccc21. The molecule has 104 valence electrons. The second-order valence-electron chi connectivity index (χ2n) is 5.81. The molecule has 2 heterocycles. The highest BCUT2D eigenvalue weighted by Crippen LogP contribution is 2.28. The Morgan fingerprint density at radius 3 is 2.95 bits per heavy atom. The molecule has 0 bridgehead atoms. The topological polar surface area (TPSA) is 18.5 Å². The number of fused-ring (bicyclic) bond motifs is 1. The van der Waals surface area contributed by atoms with Crippen LogP contribution < -0.4 is 10.2 Å². The van der Waals surface area contributed by atoms with Crippen LogP contribution in [0.15, 0.2) is 24.3 Å². The van der Waals surface area contributed by atoms with E-state index in [-0.39, 0.29) is 0 Å². The van der Waals surface area contributed by atoms with Gasteiger partial charge in [-0.05, 0) is 38.4 Å². The fourth-order valence-electron chi connectivity index (χ4n) is 3.32. The minimum Gasteiger partial charge on any atom is -0.382 e. The quantitative estimate of drug-likeness (QED) is 0.900. The molecule has 1 saturated heterocycles. The van der Waals surface area contributed by atoms with Crippen LogP contribution in [0.4, 0.5) is 11.4 Å². The summed E-state index contributed by atoms with van der Waals surface area (Å²) in [5.74, 6) is 0. The fraction of sp³-hybridized carbons (Fsp3) is 0.625. The molecule has 3 rings (SSSR count). The van der Waals surface area contributed by atoms with Crippen molar-refractivity contribution in [2.45, 2.75) is 32.2 Å². The number of hydrogen-bond acceptors (Lipinski definition) is 3. The van der Waals surface area contributed by atoms with Crippen molar-refractivity contribution in [2.75, 3.05) is 42.9 Å². The molecule has 1 N–H and O–H groups in total. The van der Waals surface area contributed by atoms with Crippen LogP contribution in [-0.4, -0.2) is 43.7 Å². The molecule has 19 heavy (non-hydrogen) atoms. The summed E-state index contributed by atoms with van der Waals surface area (Å²) in [5, 5.41) is 3.48. The Kier molecular flexibility index (Phi) is 3.92. The molecule has 2 aliphatic rings. The van der Waals surface area contributed by atoms with Gasteiger partial charge in [0.05, 0.1) is 11.4 Å². The number of anilines is 2. The third-order valence-electron chi connectivity index (χ3n) is 4.54. The maximum Gasteiger partial charge on any atom is 0.0603 e. The summed E-state index contributed by atoms with van der Waals surface area (Å²) < 4.78 is 0. The van der Waals surface area contributed by atoms with E-state index < -0.39 is 0 Å². The molecule has 1 aromatic rings. The standard InChI is InChI=1S/C16H25N3/c1-14-6-4-5-10-18(14)12-13-19-11-9-17-15-7-2-3-8-16(15)19/h2-3,7-8,14,17H,4-6,9-13H2,1H3. The maximum absolute atomic E-state index is 3.48. The fourth-order valence-corrected chi connectivity index (χ4v) is 3.32. The molecular weight excluding hydrogens is 234 g/mol. The number of likely N-dealkylation sites (tertiary alicyclic amines) is 1. The highest BCUT2D eigenvalue weighted by Gasteiger charge is 2.20. The summed E-state index contributed by atoms with van der Waals surface area (Å²) in [6.45, 7) is 8.21. The van der Waals surface area contributed by atoms with Crippen molar-refractivity contribution in [2.24, 2.45) is 0 Å². The lowest BCUT2D eigenvalue weighted by molar-refractivity contribution is 0.164. The van der Waals surface area contributed by atoms with Gasteiger partial charge in [-0.15, -0.1) is 0 Å². The summed E-state index contributed by atoms with van der Waals surface area (Å²) in [5.41, 5.74) is 2.67. The van der Waals surface area contributed by atoms with Gasteiger partial charge in [0, 0.05) is 32.2 Å². The van der Waals surface area contributed by atoms with Gasteiger partial charge in [-0.1, -0.05) is 18.6 Å². The Balaban J connectivity index is 1.61. The zero-order valence-corrected chi connectivity index (χ0v) is 11.9. The first-order chi connectivity index (χ1) is 9.34. The van der Waals surface area contributed by atoms with E-state index in [2.05, 4.69) is 46.3 Å². The number of piperidine rings is 1. The average molecular weight is 259 g/mol. The van der Waals surface area contributed by atoms with Gasteiger partial charge in [-0.2, -0.15) is 0 Å². The zero-order valence-electron chi connectivity index (χ0n) is 11.9. The van der Waals surface area contributed by atoms with Gasteiger partial charge >= 0.3 is 0 Å². The van der Waals surface area contributed by atoms with Crippen LogP contribution in [0.25, 0.3) is 0 Å². The lowest BCUT2D eigenvalue weighted by Gasteiger charge is -2.37. The van der Waals surface area contributed by atoms with Crippen LogP contribution in [0.3, 0.4) is 0 Å². The smallest absolute Gasteiger partial charge is 0.0603 e. The van der Waals surface area contributed by atoms with E-state index in [1.807, 2.05) is 0 Å². The van der Waals surface area contributed by atoms with Crippen LogP contribution in [0.1, 0.15) is 26.2 Å². The summed E-state index contributed by atoms with van der Waals surface area (Å²) >= 11 is 0. The predicted molar refractivity (Wildman–Crippen MR) is 82.0 cm³/mol. The van der Waals surface area contributed by atoms with E-state index in [0.717, 1.165) is 25.7 Å².